The van der Waals surface area contributed by atoms with Gasteiger partial charge in [0.2, 0.25) is 0 Å². The summed E-state index contributed by atoms with van der Waals surface area (Å²) in [5.74, 6) is 1.20. The SMILES string of the molecule is COc1cc2c(Nc3ccc(Br)cc3F)ncnc2cc1OCC1CN(C)CCO1. The van der Waals surface area contributed by atoms with Crippen molar-refractivity contribution >= 4 is 38.3 Å². The lowest BCUT2D eigenvalue weighted by Gasteiger charge is -2.30. The maximum Gasteiger partial charge on any atom is 0.163 e. The number of morpholine rings is 1. The molecule has 9 heteroatoms. The smallest absolute Gasteiger partial charge is 0.163 e. The lowest BCUT2D eigenvalue weighted by molar-refractivity contribution is -0.0406. The molecule has 1 unspecified atom stereocenters. The fourth-order valence-electron chi connectivity index (χ4n) is 3.30. The number of rotatable bonds is 6. The summed E-state index contributed by atoms with van der Waals surface area (Å²) in [6.07, 6.45) is 1.42. The largest absolute Gasteiger partial charge is 0.493 e. The van der Waals surface area contributed by atoms with E-state index in [2.05, 4.69) is 43.2 Å². The summed E-state index contributed by atoms with van der Waals surface area (Å²) in [6, 6.07) is 8.38. The third kappa shape index (κ3) is 4.63. The van der Waals surface area contributed by atoms with E-state index in [-0.39, 0.29) is 11.9 Å². The van der Waals surface area contributed by atoms with Crippen LogP contribution >= 0.6 is 15.9 Å². The molecule has 30 heavy (non-hydrogen) atoms. The van der Waals surface area contributed by atoms with E-state index in [9.17, 15) is 4.39 Å². The van der Waals surface area contributed by atoms with E-state index in [0.717, 1.165) is 13.1 Å². The van der Waals surface area contributed by atoms with Crippen molar-refractivity contribution in [2.75, 3.05) is 45.8 Å². The summed E-state index contributed by atoms with van der Waals surface area (Å²) >= 11 is 3.26. The summed E-state index contributed by atoms with van der Waals surface area (Å²) in [4.78, 5) is 10.8. The normalized spacial score (nSPS) is 17.1. The quantitative estimate of drug-likeness (QED) is 0.576. The number of nitrogens with zero attached hydrogens (tertiary/aromatic N) is 3. The van der Waals surface area contributed by atoms with E-state index in [1.807, 2.05) is 0 Å². The number of fused-ring (bicyclic) bond motifs is 1. The molecule has 1 fully saturated rings. The molecule has 158 valence electrons. The van der Waals surface area contributed by atoms with Gasteiger partial charge >= 0.3 is 0 Å². The minimum absolute atomic E-state index is 0.00726. The van der Waals surface area contributed by atoms with Gasteiger partial charge in [-0.2, -0.15) is 0 Å². The highest BCUT2D eigenvalue weighted by Crippen LogP contribution is 2.35. The minimum Gasteiger partial charge on any atom is -0.493 e. The fraction of sp³-hybridized carbons (Fsp3) is 0.333. The summed E-state index contributed by atoms with van der Waals surface area (Å²) < 4.78 is 32.2. The Labute approximate surface area is 182 Å². The molecule has 4 rings (SSSR count). The van der Waals surface area contributed by atoms with Gasteiger partial charge in [-0.1, -0.05) is 15.9 Å². The van der Waals surface area contributed by atoms with Crippen LogP contribution in [0.2, 0.25) is 0 Å². The number of likely N-dealkylation sites (N-methyl/N-ethyl adjacent to an activating group) is 1. The average molecular weight is 477 g/mol. The van der Waals surface area contributed by atoms with E-state index in [1.54, 1.807) is 31.4 Å². The topological polar surface area (TPSA) is 68.7 Å². The van der Waals surface area contributed by atoms with Gasteiger partial charge in [0.1, 0.15) is 30.7 Å². The van der Waals surface area contributed by atoms with Crippen LogP contribution in [0.5, 0.6) is 11.5 Å². The molecule has 0 saturated carbocycles. The van der Waals surface area contributed by atoms with E-state index in [1.165, 1.54) is 12.4 Å². The molecule has 0 spiro atoms. The number of aromatic nitrogens is 2. The summed E-state index contributed by atoms with van der Waals surface area (Å²) in [6.45, 7) is 2.83. The molecule has 1 atom stereocenters. The second-order valence-electron chi connectivity index (χ2n) is 7.06. The van der Waals surface area contributed by atoms with Crippen LogP contribution in [0.1, 0.15) is 0 Å². The molecule has 1 aromatic heterocycles. The van der Waals surface area contributed by atoms with Gasteiger partial charge < -0.3 is 24.4 Å². The molecule has 1 N–H and O–H groups in total. The number of benzene rings is 2. The molecule has 1 aliphatic heterocycles. The predicted molar refractivity (Wildman–Crippen MR) is 116 cm³/mol. The molecule has 0 amide bonds. The lowest BCUT2D eigenvalue weighted by atomic mass is 10.2. The van der Waals surface area contributed by atoms with Crippen LogP contribution in [0.4, 0.5) is 15.9 Å². The molecule has 0 bridgehead atoms. The van der Waals surface area contributed by atoms with Gasteiger partial charge in [0.25, 0.3) is 0 Å². The third-order valence-corrected chi connectivity index (χ3v) is 5.36. The number of anilines is 2. The van der Waals surface area contributed by atoms with Crippen molar-refractivity contribution in [3.63, 3.8) is 0 Å². The van der Waals surface area contributed by atoms with Crippen molar-refractivity contribution in [3.05, 3.63) is 46.9 Å². The van der Waals surface area contributed by atoms with E-state index in [4.69, 9.17) is 14.2 Å². The molecule has 0 radical (unpaired) electrons. The highest BCUT2D eigenvalue weighted by molar-refractivity contribution is 9.10. The lowest BCUT2D eigenvalue weighted by Crippen LogP contribution is -2.42. The standard InChI is InChI=1S/C21H22BrFN4O3/c1-27-5-6-29-14(10-27)11-30-20-9-18-15(8-19(20)28-2)21(25-12-24-18)26-17-4-3-13(22)7-16(17)23/h3-4,7-9,12,14H,5-6,10-11H2,1-2H3,(H,24,25,26). The second kappa shape index (κ2) is 9.11. The van der Waals surface area contributed by atoms with Crippen LogP contribution in [0, 0.1) is 5.82 Å². The number of methoxy groups -OCH3 is 1. The van der Waals surface area contributed by atoms with Crippen molar-refractivity contribution in [1.29, 1.82) is 0 Å². The van der Waals surface area contributed by atoms with E-state index in [0.29, 0.717) is 51.6 Å². The zero-order chi connectivity index (χ0) is 21.1. The maximum atomic E-state index is 14.3. The minimum atomic E-state index is -0.388. The summed E-state index contributed by atoms with van der Waals surface area (Å²) in [7, 11) is 3.63. The Kier molecular flexibility index (Phi) is 6.31. The molecule has 0 aliphatic carbocycles. The van der Waals surface area contributed by atoms with Crippen molar-refractivity contribution in [1.82, 2.24) is 14.9 Å². The molecular formula is C21H22BrFN4O3. The van der Waals surface area contributed by atoms with Gasteiger partial charge in [-0.25, -0.2) is 14.4 Å². The van der Waals surface area contributed by atoms with Crippen LogP contribution in [0.25, 0.3) is 10.9 Å². The van der Waals surface area contributed by atoms with Gasteiger partial charge in [0, 0.05) is 29.0 Å². The molecule has 3 aromatic rings. The summed E-state index contributed by atoms with van der Waals surface area (Å²) in [5, 5.41) is 3.73. The molecular weight excluding hydrogens is 455 g/mol. The molecule has 7 nitrogen and oxygen atoms in total. The monoisotopic (exact) mass is 476 g/mol. The Balaban J connectivity index is 1.60. The Bertz CT molecular complexity index is 1050. The van der Waals surface area contributed by atoms with Crippen LogP contribution in [0.15, 0.2) is 41.1 Å². The number of hydrogen-bond acceptors (Lipinski definition) is 7. The number of hydrogen-bond donors (Lipinski definition) is 1. The van der Waals surface area contributed by atoms with E-state index < -0.39 is 0 Å². The van der Waals surface area contributed by atoms with Gasteiger partial charge in [-0.15, -0.1) is 0 Å². The van der Waals surface area contributed by atoms with Crippen LogP contribution in [0.3, 0.4) is 0 Å². The third-order valence-electron chi connectivity index (χ3n) is 4.87. The molecule has 2 heterocycles. The number of nitrogens with one attached hydrogen (secondary N) is 1. The van der Waals surface area contributed by atoms with Gasteiger partial charge in [0.05, 0.1) is 24.9 Å². The average Bonchev–Trinajstić information content (AvgIpc) is 2.74. The highest BCUT2D eigenvalue weighted by atomic mass is 79.9. The second-order valence-corrected chi connectivity index (χ2v) is 7.97. The summed E-state index contributed by atoms with van der Waals surface area (Å²) in [5.41, 5.74) is 0.971. The predicted octanol–water partition coefficient (Wildman–Crippen LogP) is 3.99. The molecule has 2 aromatic carbocycles. The van der Waals surface area contributed by atoms with Crippen molar-refractivity contribution < 1.29 is 18.6 Å². The van der Waals surface area contributed by atoms with Crippen molar-refractivity contribution in [2.24, 2.45) is 0 Å². The Morgan fingerprint density at radius 3 is 2.90 bits per heavy atom. The number of ether oxygens (including phenoxy) is 3. The Hall–Kier alpha value is -2.49. The van der Waals surface area contributed by atoms with Crippen LogP contribution < -0.4 is 14.8 Å². The fourth-order valence-corrected chi connectivity index (χ4v) is 3.64. The van der Waals surface area contributed by atoms with Crippen LogP contribution in [-0.2, 0) is 4.74 Å². The van der Waals surface area contributed by atoms with Gasteiger partial charge in [0.15, 0.2) is 11.5 Å². The number of halogens is 2. The Morgan fingerprint density at radius 1 is 1.27 bits per heavy atom. The van der Waals surface area contributed by atoms with E-state index >= 15 is 0 Å². The van der Waals surface area contributed by atoms with Gasteiger partial charge in [-0.3, -0.25) is 0 Å². The first kappa shape index (κ1) is 20.8. The van der Waals surface area contributed by atoms with Crippen LogP contribution in [-0.4, -0.2) is 61.4 Å². The first-order chi connectivity index (χ1) is 14.5. The highest BCUT2D eigenvalue weighted by Gasteiger charge is 2.20. The zero-order valence-electron chi connectivity index (χ0n) is 16.7. The van der Waals surface area contributed by atoms with Crippen molar-refractivity contribution in [2.45, 2.75) is 6.10 Å². The molecule has 1 aliphatic rings. The molecule has 1 saturated heterocycles. The first-order valence-corrected chi connectivity index (χ1v) is 10.3. The maximum absolute atomic E-state index is 14.3. The van der Waals surface area contributed by atoms with Crippen molar-refractivity contribution in [3.8, 4) is 11.5 Å². The Morgan fingerprint density at radius 2 is 2.13 bits per heavy atom. The van der Waals surface area contributed by atoms with Gasteiger partial charge in [-0.05, 0) is 31.3 Å². The first-order valence-electron chi connectivity index (χ1n) is 9.51. The zero-order valence-corrected chi connectivity index (χ0v) is 18.3.